The van der Waals surface area contributed by atoms with Gasteiger partial charge in [0.1, 0.15) is 6.61 Å². The summed E-state index contributed by atoms with van der Waals surface area (Å²) >= 11 is 0. The Hall–Kier alpha value is -3.60. The zero-order chi connectivity index (χ0) is 23.2. The molecule has 1 aliphatic heterocycles. The van der Waals surface area contributed by atoms with Crippen molar-refractivity contribution in [2.75, 3.05) is 0 Å². The van der Waals surface area contributed by atoms with Crippen LogP contribution in [0, 0.1) is 11.8 Å². The van der Waals surface area contributed by atoms with Crippen molar-refractivity contribution in [1.82, 2.24) is 10.2 Å². The fraction of sp³-hybridized carbons (Fsp3) is 0.286. The fourth-order valence-electron chi connectivity index (χ4n) is 4.49. The van der Waals surface area contributed by atoms with Gasteiger partial charge in [-0.05, 0) is 22.6 Å². The molecule has 4 rings (SSSR count). The Balaban J connectivity index is 1.51. The third kappa shape index (κ3) is 5.25. The Morgan fingerprint density at radius 1 is 0.879 bits per heavy atom. The molecular weight excluding hydrogens is 412 g/mol. The highest BCUT2D eigenvalue weighted by Gasteiger charge is 2.52. The predicted octanol–water partition coefficient (Wildman–Crippen LogP) is 5.34. The standard InChI is InChI=1S/C28H30N2O3/c1-20(2)25(29-28(32)33-19-22-14-8-4-9-15-22)24-26(23-16-10-5-11-17-23)30(27(24)31)18-21-12-6-3-7-13-21/h3-17,20,24-26H,18-19H2,1-2H3,(H,29,32)/t24-,25+,26-/m1/s1. The van der Waals surface area contributed by atoms with Gasteiger partial charge in [-0.1, -0.05) is 105 Å². The van der Waals surface area contributed by atoms with E-state index in [0.717, 1.165) is 16.7 Å². The molecule has 1 aliphatic rings. The summed E-state index contributed by atoms with van der Waals surface area (Å²) in [6, 6.07) is 29.2. The lowest BCUT2D eigenvalue weighted by atomic mass is 9.74. The molecule has 0 aromatic heterocycles. The first-order valence-electron chi connectivity index (χ1n) is 11.4. The second-order valence-electron chi connectivity index (χ2n) is 8.81. The highest BCUT2D eigenvalue weighted by molar-refractivity contribution is 5.88. The molecule has 0 saturated carbocycles. The molecule has 3 aromatic rings. The molecule has 0 unspecified atom stereocenters. The summed E-state index contributed by atoms with van der Waals surface area (Å²) in [6.07, 6.45) is -0.501. The molecule has 0 bridgehead atoms. The quantitative estimate of drug-likeness (QED) is 0.479. The van der Waals surface area contributed by atoms with Gasteiger partial charge in [-0.15, -0.1) is 0 Å². The number of amides is 2. The van der Waals surface area contributed by atoms with Crippen LogP contribution < -0.4 is 5.32 Å². The summed E-state index contributed by atoms with van der Waals surface area (Å²) in [6.45, 7) is 4.78. The topological polar surface area (TPSA) is 58.6 Å². The first-order valence-corrected chi connectivity index (χ1v) is 11.4. The molecule has 0 spiro atoms. The number of nitrogens with zero attached hydrogens (tertiary/aromatic N) is 1. The monoisotopic (exact) mass is 442 g/mol. The average Bonchev–Trinajstić information content (AvgIpc) is 2.85. The van der Waals surface area contributed by atoms with Crippen LogP contribution in [0.2, 0.25) is 0 Å². The number of carbonyl (C=O) groups excluding carboxylic acids is 2. The van der Waals surface area contributed by atoms with Crippen LogP contribution in [0.25, 0.3) is 0 Å². The molecule has 1 N–H and O–H groups in total. The van der Waals surface area contributed by atoms with Crippen LogP contribution in [-0.2, 0) is 22.7 Å². The van der Waals surface area contributed by atoms with Crippen molar-refractivity contribution in [2.45, 2.75) is 39.1 Å². The van der Waals surface area contributed by atoms with Crippen LogP contribution in [0.5, 0.6) is 0 Å². The second-order valence-corrected chi connectivity index (χ2v) is 8.81. The zero-order valence-electron chi connectivity index (χ0n) is 19.1. The third-order valence-electron chi connectivity index (χ3n) is 6.18. The van der Waals surface area contributed by atoms with Crippen LogP contribution in [0.15, 0.2) is 91.0 Å². The molecule has 170 valence electrons. The van der Waals surface area contributed by atoms with E-state index in [1.165, 1.54) is 0 Å². The van der Waals surface area contributed by atoms with Crippen LogP contribution in [0.4, 0.5) is 4.79 Å². The summed E-state index contributed by atoms with van der Waals surface area (Å²) in [5, 5.41) is 2.99. The van der Waals surface area contributed by atoms with Crippen molar-refractivity contribution in [3.63, 3.8) is 0 Å². The largest absolute Gasteiger partial charge is 0.445 e. The maximum Gasteiger partial charge on any atom is 0.407 e. The van der Waals surface area contributed by atoms with Crippen molar-refractivity contribution in [3.05, 3.63) is 108 Å². The maximum absolute atomic E-state index is 13.4. The van der Waals surface area contributed by atoms with E-state index in [1.807, 2.05) is 110 Å². The molecule has 1 heterocycles. The number of β-lactam (4-membered cyclic amide) rings is 1. The SMILES string of the molecule is CC(C)[C@H](NC(=O)OCc1ccccc1)[C@H]1C(=O)N(Cc2ccccc2)[C@@H]1c1ccccc1. The van der Waals surface area contributed by atoms with Gasteiger partial charge in [0.2, 0.25) is 5.91 Å². The van der Waals surface area contributed by atoms with Crippen molar-refractivity contribution >= 4 is 12.0 Å². The second kappa shape index (κ2) is 10.3. The summed E-state index contributed by atoms with van der Waals surface area (Å²) in [7, 11) is 0. The van der Waals surface area contributed by atoms with Gasteiger partial charge < -0.3 is 15.0 Å². The van der Waals surface area contributed by atoms with Crippen molar-refractivity contribution in [3.8, 4) is 0 Å². The Morgan fingerprint density at radius 2 is 1.42 bits per heavy atom. The third-order valence-corrected chi connectivity index (χ3v) is 6.18. The van der Waals surface area contributed by atoms with Crippen molar-refractivity contribution in [2.24, 2.45) is 11.8 Å². The smallest absolute Gasteiger partial charge is 0.407 e. The van der Waals surface area contributed by atoms with Gasteiger partial charge in [0.25, 0.3) is 0 Å². The van der Waals surface area contributed by atoms with Crippen LogP contribution in [0.1, 0.15) is 36.6 Å². The van der Waals surface area contributed by atoms with E-state index < -0.39 is 6.09 Å². The van der Waals surface area contributed by atoms with E-state index in [2.05, 4.69) is 5.32 Å². The molecule has 0 radical (unpaired) electrons. The normalized spacial score (nSPS) is 18.5. The minimum atomic E-state index is -0.501. The van der Waals surface area contributed by atoms with Crippen LogP contribution in [0.3, 0.4) is 0 Å². The number of rotatable bonds is 8. The molecule has 3 atom stereocenters. The minimum Gasteiger partial charge on any atom is -0.445 e. The van der Waals surface area contributed by atoms with E-state index >= 15 is 0 Å². The molecule has 3 aromatic carbocycles. The highest BCUT2D eigenvalue weighted by atomic mass is 16.5. The number of ether oxygens (including phenoxy) is 1. The lowest BCUT2D eigenvalue weighted by molar-refractivity contribution is -0.161. The molecule has 0 aliphatic carbocycles. The number of nitrogens with one attached hydrogen (secondary N) is 1. The number of alkyl carbamates (subject to hydrolysis) is 1. The summed E-state index contributed by atoms with van der Waals surface area (Å²) in [4.78, 5) is 27.9. The highest BCUT2D eigenvalue weighted by Crippen LogP contribution is 2.44. The Kier molecular flexibility index (Phi) is 7.08. The Bertz CT molecular complexity index is 1050. The molecule has 5 nitrogen and oxygen atoms in total. The number of hydrogen-bond donors (Lipinski definition) is 1. The molecule has 2 amide bonds. The summed E-state index contributed by atoms with van der Waals surface area (Å²) in [5.74, 6) is -0.233. The van der Waals surface area contributed by atoms with E-state index in [0.29, 0.717) is 6.54 Å². The Morgan fingerprint density at radius 3 is 2.00 bits per heavy atom. The van der Waals surface area contributed by atoms with Gasteiger partial charge in [-0.3, -0.25) is 4.79 Å². The van der Waals surface area contributed by atoms with E-state index in [9.17, 15) is 9.59 Å². The van der Waals surface area contributed by atoms with Gasteiger partial charge in [0.05, 0.1) is 12.0 Å². The molecular formula is C28H30N2O3. The van der Waals surface area contributed by atoms with Crippen LogP contribution in [-0.4, -0.2) is 22.9 Å². The lowest BCUT2D eigenvalue weighted by Gasteiger charge is -2.51. The molecule has 5 heteroatoms. The van der Waals surface area contributed by atoms with E-state index in [4.69, 9.17) is 4.74 Å². The maximum atomic E-state index is 13.4. The first kappa shape index (κ1) is 22.6. The predicted molar refractivity (Wildman–Crippen MR) is 128 cm³/mol. The molecule has 1 fully saturated rings. The van der Waals surface area contributed by atoms with Gasteiger partial charge >= 0.3 is 6.09 Å². The summed E-state index contributed by atoms with van der Waals surface area (Å²) in [5.41, 5.74) is 3.08. The number of benzene rings is 3. The lowest BCUT2D eigenvalue weighted by Crippen LogP contribution is -2.63. The van der Waals surface area contributed by atoms with Gasteiger partial charge in [-0.2, -0.15) is 0 Å². The van der Waals surface area contributed by atoms with Gasteiger partial charge in [0.15, 0.2) is 0 Å². The number of hydrogen-bond acceptors (Lipinski definition) is 3. The number of likely N-dealkylation sites (tertiary alicyclic amines) is 1. The fourth-order valence-corrected chi connectivity index (χ4v) is 4.49. The minimum absolute atomic E-state index is 0.0507. The zero-order valence-corrected chi connectivity index (χ0v) is 19.1. The molecule has 33 heavy (non-hydrogen) atoms. The van der Waals surface area contributed by atoms with Crippen LogP contribution >= 0.6 is 0 Å². The Labute approximate surface area is 195 Å². The first-order chi connectivity index (χ1) is 16.0. The number of carbonyl (C=O) groups is 2. The van der Waals surface area contributed by atoms with E-state index in [-0.39, 0.29) is 36.4 Å². The summed E-state index contributed by atoms with van der Waals surface area (Å²) < 4.78 is 5.45. The molecule has 1 saturated heterocycles. The van der Waals surface area contributed by atoms with Crippen molar-refractivity contribution in [1.29, 1.82) is 0 Å². The van der Waals surface area contributed by atoms with Gasteiger partial charge in [0, 0.05) is 12.6 Å². The average molecular weight is 443 g/mol. The van der Waals surface area contributed by atoms with Crippen molar-refractivity contribution < 1.29 is 14.3 Å². The van der Waals surface area contributed by atoms with E-state index in [1.54, 1.807) is 0 Å². The van der Waals surface area contributed by atoms with Gasteiger partial charge in [-0.25, -0.2) is 4.79 Å².